The fourth-order valence-corrected chi connectivity index (χ4v) is 3.20. The van der Waals surface area contributed by atoms with Gasteiger partial charge in [-0.2, -0.15) is 0 Å². The fraction of sp³-hybridized carbons (Fsp3) is 0.611. The number of rotatable bonds is 4. The van der Waals surface area contributed by atoms with E-state index < -0.39 is 0 Å². The molecule has 0 radical (unpaired) electrons. The first-order chi connectivity index (χ1) is 9.93. The minimum Gasteiger partial charge on any atom is -0.321 e. The maximum atomic E-state index is 12.7. The van der Waals surface area contributed by atoms with Crippen molar-refractivity contribution < 1.29 is 4.79 Å². The van der Waals surface area contributed by atoms with Gasteiger partial charge < -0.3 is 4.90 Å². The molecule has 1 aliphatic heterocycles. The standard InChI is InChI=1S/C18H26N2O/c1-12(2)7-10-20-16(19-18(8-9-18)17(20)21)15-11-13(3)5-6-14(15)4/h5-6,11-12,16,19H,7-10H2,1-4H3. The van der Waals surface area contributed by atoms with Crippen LogP contribution in [0, 0.1) is 19.8 Å². The summed E-state index contributed by atoms with van der Waals surface area (Å²) in [6.45, 7) is 9.54. The number of benzene rings is 1. The molecule has 1 N–H and O–H groups in total. The van der Waals surface area contributed by atoms with E-state index in [-0.39, 0.29) is 11.7 Å². The maximum absolute atomic E-state index is 12.7. The van der Waals surface area contributed by atoms with E-state index in [9.17, 15) is 4.79 Å². The molecule has 3 heteroatoms. The van der Waals surface area contributed by atoms with Crippen LogP contribution in [-0.2, 0) is 4.79 Å². The number of aryl methyl sites for hydroxylation is 2. The highest BCUT2D eigenvalue weighted by Gasteiger charge is 2.59. The maximum Gasteiger partial charge on any atom is 0.244 e. The van der Waals surface area contributed by atoms with Crippen LogP contribution in [0.2, 0.25) is 0 Å². The highest BCUT2D eigenvalue weighted by atomic mass is 16.2. The Labute approximate surface area is 127 Å². The fourth-order valence-electron chi connectivity index (χ4n) is 3.20. The van der Waals surface area contributed by atoms with Crippen molar-refractivity contribution in [2.75, 3.05) is 6.54 Å². The van der Waals surface area contributed by atoms with Crippen molar-refractivity contribution in [3.63, 3.8) is 0 Å². The summed E-state index contributed by atoms with van der Waals surface area (Å²) in [5.41, 5.74) is 3.54. The molecule has 1 amide bonds. The van der Waals surface area contributed by atoms with Gasteiger partial charge in [0.25, 0.3) is 0 Å². The Hall–Kier alpha value is -1.35. The molecule has 1 atom stereocenters. The van der Waals surface area contributed by atoms with E-state index in [1.807, 2.05) is 0 Å². The summed E-state index contributed by atoms with van der Waals surface area (Å²) >= 11 is 0. The number of hydrogen-bond acceptors (Lipinski definition) is 2. The van der Waals surface area contributed by atoms with Gasteiger partial charge in [0.05, 0.1) is 0 Å². The molecular weight excluding hydrogens is 260 g/mol. The lowest BCUT2D eigenvalue weighted by Gasteiger charge is -2.26. The number of nitrogens with zero attached hydrogens (tertiary/aromatic N) is 1. The Morgan fingerprint density at radius 2 is 2.05 bits per heavy atom. The average Bonchev–Trinajstić information content (AvgIpc) is 3.15. The van der Waals surface area contributed by atoms with Gasteiger partial charge in [0.2, 0.25) is 5.91 Å². The molecule has 1 saturated carbocycles. The smallest absolute Gasteiger partial charge is 0.244 e. The Morgan fingerprint density at radius 1 is 1.33 bits per heavy atom. The normalized spacial score (nSPS) is 23.4. The minimum absolute atomic E-state index is 0.0543. The Kier molecular flexibility index (Phi) is 3.56. The SMILES string of the molecule is Cc1ccc(C)c(C2NC3(CC3)C(=O)N2CCC(C)C)c1. The molecule has 1 aromatic carbocycles. The van der Waals surface area contributed by atoms with Crippen molar-refractivity contribution in [3.05, 3.63) is 34.9 Å². The molecule has 2 fully saturated rings. The van der Waals surface area contributed by atoms with Crippen LogP contribution in [0.5, 0.6) is 0 Å². The molecule has 0 aromatic heterocycles. The van der Waals surface area contributed by atoms with Crippen LogP contribution in [0.15, 0.2) is 18.2 Å². The summed E-state index contributed by atoms with van der Waals surface area (Å²) in [5, 5.41) is 3.63. The van der Waals surface area contributed by atoms with Gasteiger partial charge in [0.1, 0.15) is 11.7 Å². The predicted octanol–water partition coefficient (Wildman–Crippen LogP) is 3.31. The van der Waals surface area contributed by atoms with Gasteiger partial charge in [-0.1, -0.05) is 37.6 Å². The van der Waals surface area contributed by atoms with Gasteiger partial charge in [-0.25, -0.2) is 0 Å². The van der Waals surface area contributed by atoms with E-state index in [1.165, 1.54) is 16.7 Å². The summed E-state index contributed by atoms with van der Waals surface area (Å²) in [7, 11) is 0. The number of amides is 1. The van der Waals surface area contributed by atoms with Crippen LogP contribution in [0.25, 0.3) is 0 Å². The van der Waals surface area contributed by atoms with E-state index in [4.69, 9.17) is 0 Å². The van der Waals surface area contributed by atoms with Crippen LogP contribution in [0.3, 0.4) is 0 Å². The van der Waals surface area contributed by atoms with Crippen LogP contribution >= 0.6 is 0 Å². The number of hydrogen-bond donors (Lipinski definition) is 1. The number of carbonyl (C=O) groups is 1. The molecule has 1 aliphatic carbocycles. The second kappa shape index (κ2) is 5.13. The van der Waals surface area contributed by atoms with Crippen LogP contribution in [0.4, 0.5) is 0 Å². The van der Waals surface area contributed by atoms with Gasteiger partial charge >= 0.3 is 0 Å². The molecule has 1 saturated heterocycles. The molecule has 0 bridgehead atoms. The van der Waals surface area contributed by atoms with E-state index in [0.29, 0.717) is 11.8 Å². The van der Waals surface area contributed by atoms with Gasteiger partial charge in [0.15, 0.2) is 0 Å². The zero-order valence-electron chi connectivity index (χ0n) is 13.6. The highest BCUT2D eigenvalue weighted by Crippen LogP contribution is 2.46. The third-order valence-electron chi connectivity index (χ3n) is 4.82. The molecule has 21 heavy (non-hydrogen) atoms. The molecule has 2 aliphatic rings. The molecule has 114 valence electrons. The monoisotopic (exact) mass is 286 g/mol. The molecule has 3 nitrogen and oxygen atoms in total. The minimum atomic E-state index is -0.238. The van der Waals surface area contributed by atoms with Gasteiger partial charge in [-0.05, 0) is 50.2 Å². The quantitative estimate of drug-likeness (QED) is 0.921. The van der Waals surface area contributed by atoms with Crippen molar-refractivity contribution in [1.82, 2.24) is 10.2 Å². The van der Waals surface area contributed by atoms with E-state index in [1.54, 1.807) is 0 Å². The molecule has 1 aromatic rings. The Balaban J connectivity index is 1.91. The van der Waals surface area contributed by atoms with Gasteiger partial charge in [-0.3, -0.25) is 10.1 Å². The van der Waals surface area contributed by atoms with Crippen LogP contribution < -0.4 is 5.32 Å². The molecule has 1 unspecified atom stereocenters. The van der Waals surface area contributed by atoms with Crippen molar-refractivity contribution >= 4 is 5.91 Å². The first-order valence-electron chi connectivity index (χ1n) is 8.09. The summed E-state index contributed by atoms with van der Waals surface area (Å²) in [6, 6.07) is 6.53. The second-order valence-corrected chi connectivity index (χ2v) is 7.17. The van der Waals surface area contributed by atoms with Crippen molar-refractivity contribution in [1.29, 1.82) is 0 Å². The summed E-state index contributed by atoms with van der Waals surface area (Å²) in [6.07, 6.45) is 3.10. The number of nitrogens with one attached hydrogen (secondary N) is 1. The summed E-state index contributed by atoms with van der Waals surface area (Å²) in [5.74, 6) is 0.932. The van der Waals surface area contributed by atoms with Gasteiger partial charge in [-0.15, -0.1) is 0 Å². The van der Waals surface area contributed by atoms with Gasteiger partial charge in [0, 0.05) is 6.54 Å². The largest absolute Gasteiger partial charge is 0.321 e. The summed E-state index contributed by atoms with van der Waals surface area (Å²) < 4.78 is 0. The molecule has 3 rings (SSSR count). The zero-order chi connectivity index (χ0) is 15.2. The van der Waals surface area contributed by atoms with E-state index >= 15 is 0 Å². The van der Waals surface area contributed by atoms with Crippen molar-refractivity contribution in [2.24, 2.45) is 5.92 Å². The predicted molar refractivity (Wildman–Crippen MR) is 84.9 cm³/mol. The third kappa shape index (κ3) is 2.59. The van der Waals surface area contributed by atoms with Crippen molar-refractivity contribution in [3.8, 4) is 0 Å². The first-order valence-corrected chi connectivity index (χ1v) is 8.09. The third-order valence-corrected chi connectivity index (χ3v) is 4.82. The van der Waals surface area contributed by atoms with Crippen LogP contribution in [-0.4, -0.2) is 22.9 Å². The second-order valence-electron chi connectivity index (χ2n) is 7.17. The highest BCUT2D eigenvalue weighted by molar-refractivity contribution is 5.92. The van der Waals surface area contributed by atoms with Crippen LogP contribution in [0.1, 0.15) is 56.0 Å². The first kappa shape index (κ1) is 14.6. The average molecular weight is 286 g/mol. The van der Waals surface area contributed by atoms with E-state index in [2.05, 4.69) is 56.1 Å². The van der Waals surface area contributed by atoms with Crippen molar-refractivity contribution in [2.45, 2.75) is 58.7 Å². The lowest BCUT2D eigenvalue weighted by molar-refractivity contribution is -0.131. The Bertz CT molecular complexity index is 560. The zero-order valence-corrected chi connectivity index (χ0v) is 13.6. The summed E-state index contributed by atoms with van der Waals surface area (Å²) in [4.78, 5) is 14.8. The number of carbonyl (C=O) groups excluding carboxylic acids is 1. The molecular formula is C18H26N2O. The lowest BCUT2D eigenvalue weighted by Crippen LogP contribution is -2.33. The molecule has 1 spiro atoms. The van der Waals surface area contributed by atoms with E-state index in [0.717, 1.165) is 25.8 Å². The Morgan fingerprint density at radius 3 is 2.67 bits per heavy atom. The topological polar surface area (TPSA) is 32.3 Å². The molecule has 1 heterocycles. The lowest BCUT2D eigenvalue weighted by atomic mass is 10.0.